The van der Waals surface area contributed by atoms with Crippen molar-refractivity contribution in [3.63, 3.8) is 0 Å². The first kappa shape index (κ1) is 14.3. The SMILES string of the molecule is Cc1n[nH]c(C)c1C(=O)N(CCN)Cc1ccccc1. The van der Waals surface area contributed by atoms with E-state index in [0.717, 1.165) is 17.0 Å². The Hall–Kier alpha value is -2.14. The second kappa shape index (κ2) is 6.34. The van der Waals surface area contributed by atoms with Crippen molar-refractivity contribution in [3.8, 4) is 0 Å². The molecule has 2 aromatic rings. The van der Waals surface area contributed by atoms with Crippen LogP contribution in [0.25, 0.3) is 0 Å². The van der Waals surface area contributed by atoms with Gasteiger partial charge in [0, 0.05) is 25.3 Å². The molecule has 20 heavy (non-hydrogen) atoms. The molecule has 1 aromatic carbocycles. The lowest BCUT2D eigenvalue weighted by Crippen LogP contribution is -2.35. The van der Waals surface area contributed by atoms with Crippen LogP contribution in [0.4, 0.5) is 0 Å². The first-order valence-electron chi connectivity index (χ1n) is 6.68. The third-order valence-corrected chi connectivity index (χ3v) is 3.24. The number of aromatic amines is 1. The summed E-state index contributed by atoms with van der Waals surface area (Å²) in [7, 11) is 0. The summed E-state index contributed by atoms with van der Waals surface area (Å²) in [5.41, 5.74) is 8.89. The zero-order valence-electron chi connectivity index (χ0n) is 11.9. The molecule has 0 saturated carbocycles. The van der Waals surface area contributed by atoms with Crippen molar-refractivity contribution in [2.45, 2.75) is 20.4 Å². The van der Waals surface area contributed by atoms with E-state index >= 15 is 0 Å². The minimum atomic E-state index is -0.0250. The molecule has 0 fully saturated rings. The van der Waals surface area contributed by atoms with Crippen molar-refractivity contribution < 1.29 is 4.79 Å². The predicted molar refractivity (Wildman–Crippen MR) is 78.3 cm³/mol. The lowest BCUT2D eigenvalue weighted by molar-refractivity contribution is 0.0747. The van der Waals surface area contributed by atoms with Gasteiger partial charge in [-0.05, 0) is 19.4 Å². The molecule has 106 valence electrons. The minimum absolute atomic E-state index is 0.0250. The summed E-state index contributed by atoms with van der Waals surface area (Å²) in [5.74, 6) is -0.0250. The van der Waals surface area contributed by atoms with E-state index in [-0.39, 0.29) is 5.91 Å². The molecule has 1 aromatic heterocycles. The molecule has 1 heterocycles. The highest BCUT2D eigenvalue weighted by molar-refractivity contribution is 5.96. The molecule has 5 nitrogen and oxygen atoms in total. The number of rotatable bonds is 5. The molecule has 5 heteroatoms. The summed E-state index contributed by atoms with van der Waals surface area (Å²) in [4.78, 5) is 14.4. The van der Waals surface area contributed by atoms with E-state index in [9.17, 15) is 4.79 Å². The zero-order valence-corrected chi connectivity index (χ0v) is 11.9. The highest BCUT2D eigenvalue weighted by atomic mass is 16.2. The average molecular weight is 272 g/mol. The third kappa shape index (κ3) is 3.05. The van der Waals surface area contributed by atoms with Crippen molar-refractivity contribution >= 4 is 5.91 Å². The highest BCUT2D eigenvalue weighted by Crippen LogP contribution is 2.14. The number of nitrogens with one attached hydrogen (secondary N) is 1. The summed E-state index contributed by atoms with van der Waals surface area (Å²) in [6.07, 6.45) is 0. The van der Waals surface area contributed by atoms with Crippen LogP contribution in [0.5, 0.6) is 0 Å². The molecule has 0 aliphatic rings. The number of hydrogen-bond donors (Lipinski definition) is 2. The minimum Gasteiger partial charge on any atom is -0.333 e. The molecule has 0 saturated heterocycles. The van der Waals surface area contributed by atoms with Crippen molar-refractivity contribution in [2.24, 2.45) is 5.73 Å². The topological polar surface area (TPSA) is 75.0 Å². The second-order valence-corrected chi connectivity index (χ2v) is 4.81. The predicted octanol–water partition coefficient (Wildman–Crippen LogP) is 1.63. The number of benzene rings is 1. The Morgan fingerprint density at radius 1 is 1.30 bits per heavy atom. The number of nitrogens with zero attached hydrogens (tertiary/aromatic N) is 2. The van der Waals surface area contributed by atoms with Crippen molar-refractivity contribution in [1.82, 2.24) is 15.1 Å². The molecule has 0 atom stereocenters. The van der Waals surface area contributed by atoms with Crippen molar-refractivity contribution in [3.05, 3.63) is 52.8 Å². The molecular formula is C15H20N4O. The largest absolute Gasteiger partial charge is 0.333 e. The van der Waals surface area contributed by atoms with Gasteiger partial charge in [0.15, 0.2) is 0 Å². The third-order valence-electron chi connectivity index (χ3n) is 3.24. The van der Waals surface area contributed by atoms with Gasteiger partial charge >= 0.3 is 0 Å². The first-order chi connectivity index (χ1) is 9.63. The molecule has 1 amide bonds. The Labute approximate surface area is 118 Å². The lowest BCUT2D eigenvalue weighted by atomic mass is 10.1. The van der Waals surface area contributed by atoms with Gasteiger partial charge in [0.25, 0.3) is 5.91 Å². The Kier molecular flexibility index (Phi) is 4.53. The van der Waals surface area contributed by atoms with Gasteiger partial charge in [-0.2, -0.15) is 5.10 Å². The maximum Gasteiger partial charge on any atom is 0.257 e. The van der Waals surface area contributed by atoms with Gasteiger partial charge in [-0.15, -0.1) is 0 Å². The molecule has 0 bridgehead atoms. The lowest BCUT2D eigenvalue weighted by Gasteiger charge is -2.22. The number of carbonyl (C=O) groups excluding carboxylic acids is 1. The normalized spacial score (nSPS) is 10.6. The standard InChI is InChI=1S/C15H20N4O/c1-11-14(12(2)18-17-11)15(20)19(9-8-16)10-13-6-4-3-5-7-13/h3-7H,8-10,16H2,1-2H3,(H,17,18). The van der Waals surface area contributed by atoms with Crippen LogP contribution >= 0.6 is 0 Å². The zero-order chi connectivity index (χ0) is 14.5. The molecule has 0 aliphatic heterocycles. The van der Waals surface area contributed by atoms with Crippen LogP contribution in [0.3, 0.4) is 0 Å². The van der Waals surface area contributed by atoms with Gasteiger partial charge in [-0.1, -0.05) is 30.3 Å². The van der Waals surface area contributed by atoms with Gasteiger partial charge in [0.2, 0.25) is 0 Å². The number of H-pyrrole nitrogens is 1. The van der Waals surface area contributed by atoms with Crippen molar-refractivity contribution in [1.29, 1.82) is 0 Å². The Bertz CT molecular complexity index is 557. The maximum absolute atomic E-state index is 12.7. The van der Waals surface area contributed by atoms with Crippen LogP contribution in [0.1, 0.15) is 27.3 Å². The molecule has 3 N–H and O–H groups in total. The monoisotopic (exact) mass is 272 g/mol. The van der Waals surface area contributed by atoms with E-state index in [1.54, 1.807) is 4.90 Å². The number of hydrogen-bond acceptors (Lipinski definition) is 3. The molecule has 2 rings (SSSR count). The number of amides is 1. The van der Waals surface area contributed by atoms with Gasteiger partial charge < -0.3 is 10.6 Å². The van der Waals surface area contributed by atoms with E-state index < -0.39 is 0 Å². The Balaban J connectivity index is 2.22. The summed E-state index contributed by atoms with van der Waals surface area (Å²) >= 11 is 0. The van der Waals surface area contributed by atoms with Crippen LogP contribution in [0.15, 0.2) is 30.3 Å². The second-order valence-electron chi connectivity index (χ2n) is 4.81. The molecule has 0 spiro atoms. The van der Waals surface area contributed by atoms with Gasteiger partial charge in [0.05, 0.1) is 11.3 Å². The summed E-state index contributed by atoms with van der Waals surface area (Å²) in [6, 6.07) is 9.91. The molecule has 0 aliphatic carbocycles. The van der Waals surface area contributed by atoms with Gasteiger partial charge in [0.1, 0.15) is 0 Å². The maximum atomic E-state index is 12.7. The summed E-state index contributed by atoms with van der Waals surface area (Å²) < 4.78 is 0. The van der Waals surface area contributed by atoms with E-state index in [2.05, 4.69) is 10.2 Å². The molecular weight excluding hydrogens is 252 g/mol. The number of aryl methyl sites for hydroxylation is 2. The fourth-order valence-electron chi connectivity index (χ4n) is 2.24. The van der Waals surface area contributed by atoms with Crippen LogP contribution in [-0.2, 0) is 6.54 Å². The van der Waals surface area contributed by atoms with Crippen molar-refractivity contribution in [2.75, 3.05) is 13.1 Å². The number of nitrogens with two attached hydrogens (primary N) is 1. The number of carbonyl (C=O) groups is 1. The van der Waals surface area contributed by atoms with E-state index in [0.29, 0.717) is 25.2 Å². The quantitative estimate of drug-likeness (QED) is 0.868. The fraction of sp³-hybridized carbons (Fsp3) is 0.333. The summed E-state index contributed by atoms with van der Waals surface area (Å²) in [6.45, 7) is 5.21. The smallest absolute Gasteiger partial charge is 0.257 e. The van der Waals surface area contributed by atoms with Crippen LogP contribution < -0.4 is 5.73 Å². The van der Waals surface area contributed by atoms with Gasteiger partial charge in [-0.3, -0.25) is 9.89 Å². The Morgan fingerprint density at radius 3 is 2.55 bits per heavy atom. The van der Waals surface area contributed by atoms with Crippen LogP contribution in [0.2, 0.25) is 0 Å². The highest BCUT2D eigenvalue weighted by Gasteiger charge is 2.21. The van der Waals surface area contributed by atoms with Gasteiger partial charge in [-0.25, -0.2) is 0 Å². The van der Waals surface area contributed by atoms with Crippen LogP contribution in [0, 0.1) is 13.8 Å². The Morgan fingerprint density at radius 2 is 2.00 bits per heavy atom. The average Bonchev–Trinajstić information content (AvgIpc) is 2.78. The molecule has 0 unspecified atom stereocenters. The first-order valence-corrected chi connectivity index (χ1v) is 6.68. The summed E-state index contributed by atoms with van der Waals surface area (Å²) in [5, 5.41) is 6.93. The molecule has 0 radical (unpaired) electrons. The van der Waals surface area contributed by atoms with E-state index in [1.807, 2.05) is 44.2 Å². The van der Waals surface area contributed by atoms with Crippen LogP contribution in [-0.4, -0.2) is 34.1 Å². The van der Waals surface area contributed by atoms with E-state index in [1.165, 1.54) is 0 Å². The fourth-order valence-corrected chi connectivity index (χ4v) is 2.24. The van der Waals surface area contributed by atoms with E-state index in [4.69, 9.17) is 5.73 Å². The number of aromatic nitrogens is 2.